The number of Topliss-reactive ketones (excluding diaryl/α,β-unsaturated/α-hetero) is 1. The van der Waals surface area contributed by atoms with Crippen molar-refractivity contribution in [1.29, 1.82) is 0 Å². The normalized spacial score (nSPS) is 13.7. The minimum absolute atomic E-state index is 0.213. The number of furan rings is 1. The van der Waals surface area contributed by atoms with Gasteiger partial charge in [-0.05, 0) is 62.7 Å². The number of carbonyl (C=O) groups is 2. The van der Waals surface area contributed by atoms with Crippen molar-refractivity contribution in [1.82, 2.24) is 0 Å². The maximum Gasteiger partial charge on any atom is 0.347 e. The largest absolute Gasteiger partial charge is 0.494 e. The highest BCUT2D eigenvalue weighted by Crippen LogP contribution is 2.36. The molecule has 0 unspecified atom stereocenters. The standard InChI is InChI=1S/C28H22O6/c1-4-31-19-9-11-23-22(14-19)26(17(3)32-23)28(30)33-20-8-10-21-24(15-20)34-25(27(21)29)13-18-7-5-6-16(2)12-18/h5-15H,4H2,1-3H3. The molecule has 3 aromatic carbocycles. The average Bonchev–Trinajstić information content (AvgIpc) is 3.29. The van der Waals surface area contributed by atoms with Gasteiger partial charge in [0.25, 0.3) is 0 Å². The molecule has 0 aliphatic carbocycles. The second kappa shape index (κ2) is 8.56. The second-order valence-electron chi connectivity index (χ2n) is 8.03. The molecule has 0 fully saturated rings. The quantitative estimate of drug-likeness (QED) is 0.201. The van der Waals surface area contributed by atoms with Crippen molar-refractivity contribution in [2.75, 3.05) is 6.61 Å². The van der Waals surface area contributed by atoms with Crippen LogP contribution in [0.4, 0.5) is 0 Å². The van der Waals surface area contributed by atoms with Crippen molar-refractivity contribution in [3.63, 3.8) is 0 Å². The minimum Gasteiger partial charge on any atom is -0.494 e. The van der Waals surface area contributed by atoms with E-state index in [0.717, 1.165) is 11.1 Å². The number of rotatable bonds is 5. The van der Waals surface area contributed by atoms with Crippen LogP contribution in [0.3, 0.4) is 0 Å². The number of esters is 1. The molecule has 0 atom stereocenters. The summed E-state index contributed by atoms with van der Waals surface area (Å²) in [7, 11) is 0. The van der Waals surface area contributed by atoms with Crippen LogP contribution in [0.2, 0.25) is 0 Å². The molecule has 1 aliphatic rings. The number of benzene rings is 3. The number of hydrogen-bond acceptors (Lipinski definition) is 6. The van der Waals surface area contributed by atoms with Gasteiger partial charge in [0, 0.05) is 11.5 Å². The van der Waals surface area contributed by atoms with Crippen LogP contribution in [0.1, 0.15) is 44.5 Å². The number of fused-ring (bicyclic) bond motifs is 2. The molecular weight excluding hydrogens is 432 g/mol. The zero-order valence-electron chi connectivity index (χ0n) is 19.0. The number of aryl methyl sites for hydroxylation is 2. The van der Waals surface area contributed by atoms with Gasteiger partial charge < -0.3 is 18.6 Å². The van der Waals surface area contributed by atoms with Crippen LogP contribution >= 0.6 is 0 Å². The molecule has 2 heterocycles. The van der Waals surface area contributed by atoms with E-state index < -0.39 is 5.97 Å². The van der Waals surface area contributed by atoms with Gasteiger partial charge in [-0.15, -0.1) is 0 Å². The number of carbonyl (C=O) groups excluding carboxylic acids is 2. The van der Waals surface area contributed by atoms with Gasteiger partial charge in [0.2, 0.25) is 5.78 Å². The first-order chi connectivity index (χ1) is 16.4. The summed E-state index contributed by atoms with van der Waals surface area (Å²) < 4.78 is 22.7. The maximum atomic E-state index is 13.0. The maximum absolute atomic E-state index is 13.0. The van der Waals surface area contributed by atoms with E-state index in [1.807, 2.05) is 38.1 Å². The first kappa shape index (κ1) is 21.5. The Morgan fingerprint density at radius 1 is 1.00 bits per heavy atom. The van der Waals surface area contributed by atoms with Crippen molar-refractivity contribution in [3.8, 4) is 17.2 Å². The molecule has 0 spiro atoms. The molecular formula is C28H22O6. The summed E-state index contributed by atoms with van der Waals surface area (Å²) in [4.78, 5) is 25.8. The van der Waals surface area contributed by atoms with Gasteiger partial charge >= 0.3 is 5.97 Å². The summed E-state index contributed by atoms with van der Waals surface area (Å²) in [5, 5.41) is 0.615. The molecule has 6 nitrogen and oxygen atoms in total. The lowest BCUT2D eigenvalue weighted by atomic mass is 10.1. The highest BCUT2D eigenvalue weighted by Gasteiger charge is 2.28. The predicted octanol–water partition coefficient (Wildman–Crippen LogP) is 6.28. The van der Waals surface area contributed by atoms with Crippen LogP contribution in [0.25, 0.3) is 17.0 Å². The van der Waals surface area contributed by atoms with Gasteiger partial charge in [-0.25, -0.2) is 4.79 Å². The zero-order chi connectivity index (χ0) is 23.8. The van der Waals surface area contributed by atoms with Crippen LogP contribution in [-0.4, -0.2) is 18.4 Å². The Hall–Kier alpha value is -4.32. The van der Waals surface area contributed by atoms with Crippen LogP contribution < -0.4 is 14.2 Å². The Labute approximate surface area is 196 Å². The van der Waals surface area contributed by atoms with Crippen molar-refractivity contribution in [2.24, 2.45) is 0 Å². The van der Waals surface area contributed by atoms with E-state index in [-0.39, 0.29) is 17.3 Å². The van der Waals surface area contributed by atoms with Crippen molar-refractivity contribution >= 4 is 28.8 Å². The Kier molecular flexibility index (Phi) is 5.42. The predicted molar refractivity (Wildman–Crippen MR) is 128 cm³/mol. The third-order valence-electron chi connectivity index (χ3n) is 5.54. The Morgan fingerprint density at radius 2 is 1.82 bits per heavy atom. The molecule has 1 aromatic heterocycles. The molecule has 5 rings (SSSR count). The molecule has 0 N–H and O–H groups in total. The Balaban J connectivity index is 1.41. The van der Waals surface area contributed by atoms with E-state index in [9.17, 15) is 9.59 Å². The lowest BCUT2D eigenvalue weighted by molar-refractivity contribution is 0.0734. The smallest absolute Gasteiger partial charge is 0.347 e. The molecule has 0 amide bonds. The van der Waals surface area contributed by atoms with Gasteiger partial charge in [0.05, 0.1) is 12.2 Å². The van der Waals surface area contributed by atoms with Gasteiger partial charge in [-0.1, -0.05) is 29.8 Å². The number of hydrogen-bond donors (Lipinski definition) is 0. The Bertz CT molecular complexity index is 1470. The monoisotopic (exact) mass is 454 g/mol. The third-order valence-corrected chi connectivity index (χ3v) is 5.54. The third kappa shape index (κ3) is 3.94. The number of allylic oxidation sites excluding steroid dienone is 1. The molecule has 0 saturated carbocycles. The van der Waals surface area contributed by atoms with Crippen molar-refractivity contribution in [2.45, 2.75) is 20.8 Å². The topological polar surface area (TPSA) is 75.0 Å². The molecule has 4 aromatic rings. The van der Waals surface area contributed by atoms with Crippen molar-refractivity contribution in [3.05, 3.63) is 94.4 Å². The fraction of sp³-hybridized carbons (Fsp3) is 0.143. The Morgan fingerprint density at radius 3 is 2.62 bits per heavy atom. The highest BCUT2D eigenvalue weighted by molar-refractivity contribution is 6.14. The summed E-state index contributed by atoms with van der Waals surface area (Å²) in [6.07, 6.45) is 1.71. The lowest BCUT2D eigenvalue weighted by Gasteiger charge is -2.06. The van der Waals surface area contributed by atoms with Gasteiger partial charge in [0.1, 0.15) is 34.2 Å². The van der Waals surface area contributed by atoms with Gasteiger partial charge in [0.15, 0.2) is 5.76 Å². The summed E-state index contributed by atoms with van der Waals surface area (Å²) >= 11 is 0. The van der Waals surface area contributed by atoms with E-state index in [2.05, 4.69) is 0 Å². The first-order valence-corrected chi connectivity index (χ1v) is 11.0. The molecule has 34 heavy (non-hydrogen) atoms. The first-order valence-electron chi connectivity index (χ1n) is 11.0. The molecule has 1 aliphatic heterocycles. The fourth-order valence-corrected chi connectivity index (χ4v) is 4.01. The molecule has 0 radical (unpaired) electrons. The van der Waals surface area contributed by atoms with Crippen LogP contribution in [-0.2, 0) is 0 Å². The van der Waals surface area contributed by atoms with Gasteiger partial charge in [-0.3, -0.25) is 4.79 Å². The summed E-state index contributed by atoms with van der Waals surface area (Å²) in [6.45, 7) is 6.10. The van der Waals surface area contributed by atoms with Gasteiger partial charge in [-0.2, -0.15) is 0 Å². The van der Waals surface area contributed by atoms with E-state index in [4.69, 9.17) is 18.6 Å². The summed E-state index contributed by atoms with van der Waals surface area (Å²) in [6, 6.07) is 17.8. The van der Waals surface area contributed by atoms with Crippen molar-refractivity contribution < 1.29 is 28.2 Å². The number of ether oxygens (including phenoxy) is 3. The molecule has 0 saturated heterocycles. The minimum atomic E-state index is -0.565. The van der Waals surface area contributed by atoms with E-state index in [1.165, 1.54) is 0 Å². The lowest BCUT2D eigenvalue weighted by Crippen LogP contribution is -2.09. The number of ketones is 1. The average molecular weight is 454 g/mol. The fourth-order valence-electron chi connectivity index (χ4n) is 4.01. The summed E-state index contributed by atoms with van der Waals surface area (Å²) in [5.74, 6) is 1.15. The zero-order valence-corrected chi connectivity index (χ0v) is 19.0. The molecule has 0 bridgehead atoms. The van der Waals surface area contributed by atoms with E-state index in [1.54, 1.807) is 49.4 Å². The molecule has 170 valence electrons. The van der Waals surface area contributed by atoms with Crippen LogP contribution in [0.15, 0.2) is 70.8 Å². The van der Waals surface area contributed by atoms with Crippen LogP contribution in [0.5, 0.6) is 17.2 Å². The SMILES string of the molecule is CCOc1ccc2oc(C)c(C(=O)Oc3ccc4c(c3)OC(=Cc3cccc(C)c3)C4=O)c2c1. The molecule has 6 heteroatoms. The second-order valence-corrected chi connectivity index (χ2v) is 8.03. The van der Waals surface area contributed by atoms with Crippen LogP contribution in [0, 0.1) is 13.8 Å². The van der Waals surface area contributed by atoms with E-state index >= 15 is 0 Å². The summed E-state index contributed by atoms with van der Waals surface area (Å²) in [5.41, 5.74) is 3.28. The highest BCUT2D eigenvalue weighted by atomic mass is 16.5. The van der Waals surface area contributed by atoms with E-state index in [0.29, 0.717) is 46.0 Å².